The molecule has 0 spiro atoms. The quantitative estimate of drug-likeness (QED) is 0.895. The van der Waals surface area contributed by atoms with Gasteiger partial charge in [-0.05, 0) is 26.7 Å². The number of aromatic nitrogens is 1. The number of hydrogen-bond donors (Lipinski definition) is 1. The molecule has 1 aromatic rings. The van der Waals surface area contributed by atoms with Gasteiger partial charge < -0.3 is 9.73 Å². The van der Waals surface area contributed by atoms with E-state index in [1.54, 1.807) is 0 Å². The van der Waals surface area contributed by atoms with Gasteiger partial charge in [0, 0.05) is 25.2 Å². The Labute approximate surface area is 110 Å². The first-order valence-corrected chi connectivity index (χ1v) is 6.90. The van der Waals surface area contributed by atoms with Crippen molar-refractivity contribution in [2.24, 2.45) is 5.92 Å². The molecule has 0 amide bonds. The fraction of sp³-hybridized carbons (Fsp3) is 0.786. The third-order valence-electron chi connectivity index (χ3n) is 3.85. The molecule has 1 saturated heterocycles. The Morgan fingerprint density at radius 3 is 2.72 bits per heavy atom. The maximum absolute atomic E-state index is 5.69. The summed E-state index contributed by atoms with van der Waals surface area (Å²) >= 11 is 0. The molecule has 102 valence electrons. The van der Waals surface area contributed by atoms with Gasteiger partial charge in [0.05, 0.1) is 12.2 Å². The predicted octanol–water partition coefficient (Wildman–Crippen LogP) is 2.36. The Bertz CT molecular complexity index is 388. The first kappa shape index (κ1) is 13.6. The Morgan fingerprint density at radius 2 is 2.17 bits per heavy atom. The number of hydrogen-bond acceptors (Lipinski definition) is 4. The van der Waals surface area contributed by atoms with Crippen LogP contribution in [0.1, 0.15) is 45.4 Å². The first-order valence-electron chi connectivity index (χ1n) is 6.90. The summed E-state index contributed by atoms with van der Waals surface area (Å²) in [7, 11) is 0. The van der Waals surface area contributed by atoms with Gasteiger partial charge in [-0.25, -0.2) is 4.98 Å². The summed E-state index contributed by atoms with van der Waals surface area (Å²) in [6.45, 7) is 13.0. The molecule has 2 rings (SSSR count). The van der Waals surface area contributed by atoms with E-state index in [1.807, 2.05) is 13.1 Å². The molecule has 0 aliphatic carbocycles. The molecule has 4 heteroatoms. The van der Waals surface area contributed by atoms with Crippen molar-refractivity contribution in [3.63, 3.8) is 0 Å². The average Bonchev–Trinajstić information content (AvgIpc) is 2.74. The van der Waals surface area contributed by atoms with E-state index in [4.69, 9.17) is 4.42 Å². The van der Waals surface area contributed by atoms with Crippen LogP contribution in [-0.2, 0) is 0 Å². The van der Waals surface area contributed by atoms with E-state index >= 15 is 0 Å². The van der Waals surface area contributed by atoms with Crippen LogP contribution < -0.4 is 5.32 Å². The SMILES string of the molecule is Cc1cnc(C(C)N2CC(C)NCC2C(C)C)o1. The molecule has 0 radical (unpaired) electrons. The van der Waals surface area contributed by atoms with Crippen LogP contribution in [-0.4, -0.2) is 35.1 Å². The van der Waals surface area contributed by atoms with Crippen LogP contribution in [0, 0.1) is 12.8 Å². The number of aryl methyl sites for hydroxylation is 1. The molecule has 1 aliphatic rings. The zero-order valence-corrected chi connectivity index (χ0v) is 12.1. The maximum Gasteiger partial charge on any atom is 0.211 e. The number of piperazine rings is 1. The second kappa shape index (κ2) is 5.41. The molecule has 4 nitrogen and oxygen atoms in total. The van der Waals surface area contributed by atoms with E-state index in [0.717, 1.165) is 24.7 Å². The summed E-state index contributed by atoms with van der Waals surface area (Å²) in [6.07, 6.45) is 1.81. The van der Waals surface area contributed by atoms with Gasteiger partial charge in [0.1, 0.15) is 5.76 Å². The van der Waals surface area contributed by atoms with E-state index in [9.17, 15) is 0 Å². The van der Waals surface area contributed by atoms with Crippen LogP contribution in [0.5, 0.6) is 0 Å². The Balaban J connectivity index is 2.16. The van der Waals surface area contributed by atoms with Crippen LogP contribution in [0.3, 0.4) is 0 Å². The van der Waals surface area contributed by atoms with Crippen LogP contribution in [0.4, 0.5) is 0 Å². The molecule has 0 saturated carbocycles. The molecular weight excluding hydrogens is 226 g/mol. The van der Waals surface area contributed by atoms with E-state index in [0.29, 0.717) is 18.0 Å². The van der Waals surface area contributed by atoms with Gasteiger partial charge in [-0.1, -0.05) is 13.8 Å². The lowest BCUT2D eigenvalue weighted by Gasteiger charge is -2.43. The minimum Gasteiger partial charge on any atom is -0.444 e. The summed E-state index contributed by atoms with van der Waals surface area (Å²) < 4.78 is 5.69. The second-order valence-corrected chi connectivity index (χ2v) is 5.80. The average molecular weight is 251 g/mol. The minimum absolute atomic E-state index is 0.246. The monoisotopic (exact) mass is 251 g/mol. The third kappa shape index (κ3) is 2.75. The van der Waals surface area contributed by atoms with E-state index < -0.39 is 0 Å². The highest BCUT2D eigenvalue weighted by atomic mass is 16.4. The van der Waals surface area contributed by atoms with Gasteiger partial charge in [0.2, 0.25) is 5.89 Å². The molecular formula is C14H25N3O. The summed E-state index contributed by atoms with van der Waals surface area (Å²) in [5, 5.41) is 3.56. The zero-order chi connectivity index (χ0) is 13.3. The van der Waals surface area contributed by atoms with Gasteiger partial charge in [-0.3, -0.25) is 4.90 Å². The molecule has 1 aliphatic heterocycles. The summed E-state index contributed by atoms with van der Waals surface area (Å²) in [4.78, 5) is 6.91. The highest BCUT2D eigenvalue weighted by Crippen LogP contribution is 2.27. The van der Waals surface area contributed by atoms with E-state index in [-0.39, 0.29) is 6.04 Å². The number of nitrogens with zero attached hydrogens (tertiary/aromatic N) is 2. The fourth-order valence-electron chi connectivity index (χ4n) is 2.73. The van der Waals surface area contributed by atoms with Gasteiger partial charge in [0.15, 0.2) is 0 Å². The Morgan fingerprint density at radius 1 is 1.44 bits per heavy atom. The molecule has 2 heterocycles. The van der Waals surface area contributed by atoms with Crippen molar-refractivity contribution in [1.82, 2.24) is 15.2 Å². The normalized spacial score (nSPS) is 27.7. The van der Waals surface area contributed by atoms with Crippen molar-refractivity contribution in [2.45, 2.75) is 52.7 Å². The smallest absolute Gasteiger partial charge is 0.211 e. The lowest BCUT2D eigenvalue weighted by atomic mass is 9.97. The van der Waals surface area contributed by atoms with Crippen molar-refractivity contribution in [3.05, 3.63) is 17.8 Å². The number of oxazole rings is 1. The molecule has 0 aromatic carbocycles. The molecule has 1 N–H and O–H groups in total. The summed E-state index contributed by atoms with van der Waals surface area (Å²) in [6, 6.07) is 1.32. The molecule has 3 atom stereocenters. The van der Waals surface area contributed by atoms with Gasteiger partial charge in [0.25, 0.3) is 0 Å². The van der Waals surface area contributed by atoms with Crippen molar-refractivity contribution in [1.29, 1.82) is 0 Å². The molecule has 1 fully saturated rings. The summed E-state index contributed by atoms with van der Waals surface area (Å²) in [5.41, 5.74) is 0. The van der Waals surface area contributed by atoms with Crippen LogP contribution >= 0.6 is 0 Å². The molecule has 1 aromatic heterocycles. The van der Waals surface area contributed by atoms with Gasteiger partial charge in [-0.15, -0.1) is 0 Å². The molecule has 3 unspecified atom stereocenters. The molecule has 18 heavy (non-hydrogen) atoms. The van der Waals surface area contributed by atoms with Gasteiger partial charge in [-0.2, -0.15) is 0 Å². The predicted molar refractivity (Wildman–Crippen MR) is 72.5 cm³/mol. The Hall–Kier alpha value is -0.870. The van der Waals surface area contributed by atoms with Crippen molar-refractivity contribution in [2.75, 3.05) is 13.1 Å². The van der Waals surface area contributed by atoms with Crippen molar-refractivity contribution in [3.8, 4) is 0 Å². The maximum atomic E-state index is 5.69. The second-order valence-electron chi connectivity index (χ2n) is 5.80. The van der Waals surface area contributed by atoms with Gasteiger partial charge >= 0.3 is 0 Å². The van der Waals surface area contributed by atoms with E-state index in [1.165, 1.54) is 0 Å². The topological polar surface area (TPSA) is 41.3 Å². The van der Waals surface area contributed by atoms with Crippen molar-refractivity contribution >= 4 is 0 Å². The Kier molecular flexibility index (Phi) is 4.07. The number of nitrogens with one attached hydrogen (secondary N) is 1. The molecule has 0 bridgehead atoms. The minimum atomic E-state index is 0.246. The standard InChI is InChI=1S/C14H25N3O/c1-9(2)13-7-15-10(3)8-17(13)12(5)14-16-6-11(4)18-14/h6,9-10,12-13,15H,7-8H2,1-5H3. The highest BCUT2D eigenvalue weighted by molar-refractivity contribution is 4.99. The first-order chi connectivity index (χ1) is 8.49. The summed E-state index contributed by atoms with van der Waals surface area (Å²) in [5.74, 6) is 2.36. The van der Waals surface area contributed by atoms with Crippen LogP contribution in [0.2, 0.25) is 0 Å². The van der Waals surface area contributed by atoms with Crippen LogP contribution in [0.25, 0.3) is 0 Å². The van der Waals surface area contributed by atoms with E-state index in [2.05, 4.69) is 42.9 Å². The third-order valence-corrected chi connectivity index (χ3v) is 3.85. The highest BCUT2D eigenvalue weighted by Gasteiger charge is 2.33. The fourth-order valence-corrected chi connectivity index (χ4v) is 2.73. The van der Waals surface area contributed by atoms with Crippen molar-refractivity contribution < 1.29 is 4.42 Å². The zero-order valence-electron chi connectivity index (χ0n) is 12.1. The number of rotatable bonds is 3. The lowest BCUT2D eigenvalue weighted by molar-refractivity contribution is 0.0542. The lowest BCUT2D eigenvalue weighted by Crippen LogP contribution is -2.57. The largest absolute Gasteiger partial charge is 0.444 e. The van der Waals surface area contributed by atoms with Crippen LogP contribution in [0.15, 0.2) is 10.6 Å².